The molecule has 0 aromatic heterocycles. The Labute approximate surface area is 200 Å². The van der Waals surface area contributed by atoms with Crippen molar-refractivity contribution in [2.24, 2.45) is 0 Å². The third kappa shape index (κ3) is 3.44. The first-order valence-electron chi connectivity index (χ1n) is 10.7. The van der Waals surface area contributed by atoms with Crippen molar-refractivity contribution in [1.29, 1.82) is 0 Å². The zero-order chi connectivity index (χ0) is 23.7. The van der Waals surface area contributed by atoms with Crippen molar-refractivity contribution in [3.05, 3.63) is 133 Å². The number of benzene rings is 5. The monoisotopic (exact) mass is 488 g/mol. The summed E-state index contributed by atoms with van der Waals surface area (Å²) in [5, 5.41) is 4.25. The van der Waals surface area contributed by atoms with Crippen molar-refractivity contribution in [3.63, 3.8) is 0 Å². The van der Waals surface area contributed by atoms with Crippen molar-refractivity contribution >= 4 is 38.8 Å². The number of hydrogen-bond donors (Lipinski definition) is 0. The summed E-state index contributed by atoms with van der Waals surface area (Å²) < 4.78 is 44.2. The molecular weight excluding hydrogens is 467 g/mol. The molecular formula is C28H22ClO4P. The molecule has 0 bridgehead atoms. The summed E-state index contributed by atoms with van der Waals surface area (Å²) in [5.41, 5.74) is 0. The summed E-state index contributed by atoms with van der Waals surface area (Å²) in [5.74, 6) is 0. The van der Waals surface area contributed by atoms with E-state index in [9.17, 15) is 14.0 Å². The van der Waals surface area contributed by atoms with E-state index in [0.717, 1.165) is 10.8 Å². The number of rotatable bonds is 6. The van der Waals surface area contributed by atoms with E-state index in [1.165, 1.54) is 0 Å². The van der Waals surface area contributed by atoms with E-state index in [2.05, 4.69) is 0 Å². The summed E-state index contributed by atoms with van der Waals surface area (Å²) in [6.45, 7) is -4.60. The van der Waals surface area contributed by atoms with Crippen LogP contribution in [0, 0.1) is 10.2 Å². The topological polar surface area (TPSA) is 78.4 Å². The molecule has 0 saturated carbocycles. The molecule has 0 heterocycles. The Bertz CT molecular complexity index is 1320. The van der Waals surface area contributed by atoms with Gasteiger partial charge in [-0.25, -0.2) is 0 Å². The first kappa shape index (κ1) is 22.7. The standard InChI is InChI=1S/C28H22ClO4P/c30-29(31,32)33-34(24-15-4-1-5-16-24,25-17-6-2-7-18-25,26-19-8-3-9-20-26)28-22-12-14-23-13-10-11-21-27(23)28/h1-22H. The molecule has 0 fully saturated rings. The Morgan fingerprint density at radius 3 is 1.35 bits per heavy atom. The van der Waals surface area contributed by atoms with E-state index in [0.29, 0.717) is 21.2 Å². The Morgan fingerprint density at radius 1 is 0.471 bits per heavy atom. The van der Waals surface area contributed by atoms with Gasteiger partial charge in [-0.05, 0) is 0 Å². The van der Waals surface area contributed by atoms with E-state index in [4.69, 9.17) is 4.08 Å². The molecule has 0 unspecified atom stereocenters. The second-order valence-corrected chi connectivity index (χ2v) is 13.4. The van der Waals surface area contributed by atoms with Crippen LogP contribution in [-0.2, 0) is 4.08 Å². The number of fused-ring (bicyclic) bond motifs is 1. The van der Waals surface area contributed by atoms with Gasteiger partial charge in [-0.15, -0.1) is 0 Å². The van der Waals surface area contributed by atoms with Gasteiger partial charge in [0, 0.05) is 0 Å². The van der Waals surface area contributed by atoms with Gasteiger partial charge >= 0.3 is 201 Å². The normalized spacial score (nSPS) is 13.3. The molecule has 0 aliphatic carbocycles. The van der Waals surface area contributed by atoms with Gasteiger partial charge in [0.05, 0.1) is 0 Å². The van der Waals surface area contributed by atoms with Gasteiger partial charge in [-0.2, -0.15) is 0 Å². The van der Waals surface area contributed by atoms with Gasteiger partial charge in [-0.1, -0.05) is 0 Å². The van der Waals surface area contributed by atoms with Crippen LogP contribution in [0.3, 0.4) is 0 Å². The van der Waals surface area contributed by atoms with Crippen LogP contribution in [0.2, 0.25) is 0 Å². The van der Waals surface area contributed by atoms with Gasteiger partial charge < -0.3 is 0 Å². The second-order valence-electron chi connectivity index (χ2n) is 7.99. The third-order valence-electron chi connectivity index (χ3n) is 6.20. The SMILES string of the molecule is [O-][Cl+3]([O-])([O-])OP(c1ccccc1)(c1ccccc1)(c1ccccc1)c1cccc2ccccc12. The van der Waals surface area contributed by atoms with Crippen LogP contribution >= 0.6 is 6.83 Å². The van der Waals surface area contributed by atoms with E-state index in [1.807, 2.05) is 133 Å². The molecule has 5 aromatic carbocycles. The zero-order valence-corrected chi connectivity index (χ0v) is 19.8. The average Bonchev–Trinajstić information content (AvgIpc) is 2.88. The van der Waals surface area contributed by atoms with Crippen molar-refractivity contribution in [2.45, 2.75) is 0 Å². The summed E-state index contributed by atoms with van der Waals surface area (Å²) in [6, 6.07) is 41.2. The van der Waals surface area contributed by atoms with Gasteiger partial charge in [0.15, 0.2) is 0 Å². The van der Waals surface area contributed by atoms with Crippen LogP contribution in [0.25, 0.3) is 10.8 Å². The van der Waals surface area contributed by atoms with Crippen LogP contribution < -0.4 is 35.2 Å². The molecule has 0 N–H and O–H groups in total. The predicted molar refractivity (Wildman–Crippen MR) is 130 cm³/mol. The molecule has 4 nitrogen and oxygen atoms in total. The molecule has 34 heavy (non-hydrogen) atoms. The fourth-order valence-electron chi connectivity index (χ4n) is 4.91. The second kappa shape index (κ2) is 8.61. The van der Waals surface area contributed by atoms with Crippen LogP contribution in [-0.4, -0.2) is 0 Å². The molecule has 0 radical (unpaired) electrons. The van der Waals surface area contributed by atoms with Crippen molar-refractivity contribution < 1.29 is 28.3 Å². The third-order valence-corrected chi connectivity index (χ3v) is 13.1. The number of halogens is 1. The fourth-order valence-corrected chi connectivity index (χ4v) is 12.5. The molecule has 0 atom stereocenters. The van der Waals surface area contributed by atoms with E-state index in [-0.39, 0.29) is 0 Å². The molecule has 170 valence electrons. The molecule has 0 amide bonds. The minimum absolute atomic E-state index is 0.620. The van der Waals surface area contributed by atoms with E-state index >= 15 is 0 Å². The van der Waals surface area contributed by atoms with E-state index in [1.54, 1.807) is 0 Å². The number of hydrogen-bond acceptors (Lipinski definition) is 4. The van der Waals surface area contributed by atoms with Crippen LogP contribution in [0.1, 0.15) is 0 Å². The van der Waals surface area contributed by atoms with Gasteiger partial charge in [0.25, 0.3) is 0 Å². The summed E-state index contributed by atoms with van der Waals surface area (Å²) in [4.78, 5) is 0. The molecule has 5 rings (SSSR count). The quantitative estimate of drug-likeness (QED) is 0.342. The molecule has 5 aromatic rings. The Hall–Kier alpha value is -3.08. The van der Waals surface area contributed by atoms with E-state index < -0.39 is 17.1 Å². The van der Waals surface area contributed by atoms with Gasteiger partial charge in [-0.3, -0.25) is 0 Å². The van der Waals surface area contributed by atoms with Crippen LogP contribution in [0.4, 0.5) is 0 Å². The maximum atomic E-state index is 12.7. The predicted octanol–water partition coefficient (Wildman–Crippen LogP) is 1.82. The first-order valence-corrected chi connectivity index (χ1v) is 14.1. The molecule has 0 saturated heterocycles. The molecule has 6 heteroatoms. The first-order chi connectivity index (χ1) is 16.5. The van der Waals surface area contributed by atoms with Crippen molar-refractivity contribution in [3.8, 4) is 0 Å². The van der Waals surface area contributed by atoms with Gasteiger partial charge in [0.1, 0.15) is 0 Å². The summed E-state index contributed by atoms with van der Waals surface area (Å²) in [7, 11) is -4.85. The summed E-state index contributed by atoms with van der Waals surface area (Å²) in [6.07, 6.45) is 0. The van der Waals surface area contributed by atoms with Crippen molar-refractivity contribution in [1.82, 2.24) is 0 Å². The molecule has 0 aliphatic rings. The Kier molecular flexibility index (Phi) is 5.75. The Balaban J connectivity index is 2.14. The maximum absolute atomic E-state index is 12.7. The minimum atomic E-state index is -4.85. The van der Waals surface area contributed by atoms with Gasteiger partial charge in [0.2, 0.25) is 0 Å². The van der Waals surface area contributed by atoms with Crippen molar-refractivity contribution in [2.75, 3.05) is 0 Å². The van der Waals surface area contributed by atoms with Crippen LogP contribution in [0.5, 0.6) is 0 Å². The average molecular weight is 489 g/mol. The zero-order valence-electron chi connectivity index (χ0n) is 18.2. The fraction of sp³-hybridized carbons (Fsp3) is 0. The Morgan fingerprint density at radius 2 is 0.882 bits per heavy atom. The molecule has 0 aliphatic heterocycles. The molecule has 0 spiro atoms. The van der Waals surface area contributed by atoms with Crippen LogP contribution in [0.15, 0.2) is 133 Å². The summed E-state index contributed by atoms with van der Waals surface area (Å²) >= 11 is 0.